The molecule has 0 aliphatic rings. The number of carbonyl (C=O) groups is 2. The van der Waals surface area contributed by atoms with E-state index in [1.165, 1.54) is 0 Å². The van der Waals surface area contributed by atoms with Crippen molar-refractivity contribution in [1.82, 2.24) is 5.32 Å². The topological polar surface area (TPSA) is 78.4 Å². The van der Waals surface area contributed by atoms with Crippen LogP contribution >= 0.6 is 11.8 Å². The fraction of sp³-hybridized carbons (Fsp3) is 0.385. The van der Waals surface area contributed by atoms with Gasteiger partial charge in [-0.25, -0.2) is 4.79 Å². The predicted octanol–water partition coefficient (Wildman–Crippen LogP) is 2.78. The number of benzene rings is 1. The lowest BCUT2D eigenvalue weighted by Gasteiger charge is -2.24. The van der Waals surface area contributed by atoms with Gasteiger partial charge in [0.1, 0.15) is 0 Å². The van der Waals surface area contributed by atoms with Crippen LogP contribution in [-0.4, -0.2) is 28.9 Å². The van der Waals surface area contributed by atoms with E-state index in [2.05, 4.69) is 10.6 Å². The SMILES string of the molecule is CSc1cccc(NC(=O)NC(C)(C)CC(=O)O)c1. The zero-order valence-electron chi connectivity index (χ0n) is 11.2. The summed E-state index contributed by atoms with van der Waals surface area (Å²) in [5, 5.41) is 14.1. The Hall–Kier alpha value is -1.69. The van der Waals surface area contributed by atoms with Crippen molar-refractivity contribution in [3.8, 4) is 0 Å². The number of urea groups is 1. The van der Waals surface area contributed by atoms with Crippen molar-refractivity contribution in [1.29, 1.82) is 0 Å². The molecule has 19 heavy (non-hydrogen) atoms. The fourth-order valence-corrected chi connectivity index (χ4v) is 2.05. The lowest BCUT2D eigenvalue weighted by atomic mass is 10.0. The fourth-order valence-electron chi connectivity index (χ4n) is 1.59. The van der Waals surface area contributed by atoms with Crippen LogP contribution in [0.3, 0.4) is 0 Å². The molecule has 0 fully saturated rings. The predicted molar refractivity (Wildman–Crippen MR) is 76.7 cm³/mol. The third kappa shape index (κ3) is 5.65. The Morgan fingerprint density at radius 2 is 2.05 bits per heavy atom. The maximum atomic E-state index is 11.8. The van der Waals surface area contributed by atoms with Gasteiger partial charge >= 0.3 is 12.0 Å². The van der Waals surface area contributed by atoms with Crippen molar-refractivity contribution < 1.29 is 14.7 Å². The molecule has 0 bridgehead atoms. The van der Waals surface area contributed by atoms with Crippen LogP contribution in [0.1, 0.15) is 20.3 Å². The summed E-state index contributed by atoms with van der Waals surface area (Å²) in [6, 6.07) is 7.02. The molecule has 5 nitrogen and oxygen atoms in total. The van der Waals surface area contributed by atoms with Gasteiger partial charge in [-0.1, -0.05) is 6.07 Å². The second-order valence-corrected chi connectivity index (χ2v) is 5.65. The van der Waals surface area contributed by atoms with Gasteiger partial charge in [0.15, 0.2) is 0 Å². The zero-order valence-corrected chi connectivity index (χ0v) is 12.0. The first-order chi connectivity index (χ1) is 8.82. The summed E-state index contributed by atoms with van der Waals surface area (Å²) in [4.78, 5) is 23.5. The molecule has 104 valence electrons. The Bertz CT molecular complexity index is 475. The van der Waals surface area contributed by atoms with Crippen LogP contribution in [0.15, 0.2) is 29.2 Å². The molecular formula is C13H18N2O3S. The van der Waals surface area contributed by atoms with E-state index >= 15 is 0 Å². The normalized spacial score (nSPS) is 10.9. The van der Waals surface area contributed by atoms with Gasteiger partial charge in [0.05, 0.1) is 6.42 Å². The number of anilines is 1. The van der Waals surface area contributed by atoms with E-state index in [0.717, 1.165) is 4.90 Å². The van der Waals surface area contributed by atoms with Crippen LogP contribution in [0.5, 0.6) is 0 Å². The highest BCUT2D eigenvalue weighted by Gasteiger charge is 2.23. The largest absolute Gasteiger partial charge is 0.481 e. The summed E-state index contributed by atoms with van der Waals surface area (Å²) in [5.41, 5.74) is -0.122. The molecule has 1 rings (SSSR count). The molecular weight excluding hydrogens is 264 g/mol. The highest BCUT2D eigenvalue weighted by molar-refractivity contribution is 7.98. The molecule has 0 saturated carbocycles. The molecule has 0 atom stereocenters. The van der Waals surface area contributed by atoms with Crippen LogP contribution in [0, 0.1) is 0 Å². The maximum absolute atomic E-state index is 11.8. The average Bonchev–Trinajstić information content (AvgIpc) is 2.26. The second kappa shape index (κ2) is 6.47. The number of carboxylic acids is 1. The molecule has 0 saturated heterocycles. The van der Waals surface area contributed by atoms with E-state index in [0.29, 0.717) is 5.69 Å². The lowest BCUT2D eigenvalue weighted by molar-refractivity contribution is -0.138. The number of hydrogen-bond acceptors (Lipinski definition) is 3. The van der Waals surface area contributed by atoms with Gasteiger partial charge in [0.25, 0.3) is 0 Å². The quantitative estimate of drug-likeness (QED) is 0.726. The number of amides is 2. The van der Waals surface area contributed by atoms with Crippen molar-refractivity contribution in [2.24, 2.45) is 0 Å². The maximum Gasteiger partial charge on any atom is 0.319 e. The van der Waals surface area contributed by atoms with Crippen molar-refractivity contribution in [2.75, 3.05) is 11.6 Å². The first-order valence-electron chi connectivity index (χ1n) is 5.77. The first-order valence-corrected chi connectivity index (χ1v) is 7.00. The van der Waals surface area contributed by atoms with Crippen LogP contribution < -0.4 is 10.6 Å². The summed E-state index contributed by atoms with van der Waals surface area (Å²) >= 11 is 1.58. The summed E-state index contributed by atoms with van der Waals surface area (Å²) in [6.45, 7) is 3.33. The van der Waals surface area contributed by atoms with Gasteiger partial charge in [0.2, 0.25) is 0 Å². The molecule has 0 heterocycles. The van der Waals surface area contributed by atoms with E-state index in [9.17, 15) is 9.59 Å². The number of rotatable bonds is 5. The van der Waals surface area contributed by atoms with Crippen LogP contribution in [0.25, 0.3) is 0 Å². The molecule has 0 spiro atoms. The van der Waals surface area contributed by atoms with Gasteiger partial charge in [-0.2, -0.15) is 0 Å². The Morgan fingerprint density at radius 1 is 1.37 bits per heavy atom. The molecule has 0 radical (unpaired) electrons. The average molecular weight is 282 g/mol. The minimum Gasteiger partial charge on any atom is -0.481 e. The van der Waals surface area contributed by atoms with Crippen LogP contribution in [0.4, 0.5) is 10.5 Å². The third-order valence-electron chi connectivity index (χ3n) is 2.37. The summed E-state index contributed by atoms with van der Waals surface area (Å²) < 4.78 is 0. The van der Waals surface area contributed by atoms with Crippen molar-refractivity contribution in [3.05, 3.63) is 24.3 Å². The smallest absolute Gasteiger partial charge is 0.319 e. The van der Waals surface area contributed by atoms with E-state index in [1.54, 1.807) is 31.7 Å². The lowest BCUT2D eigenvalue weighted by Crippen LogP contribution is -2.46. The Kier molecular flexibility index (Phi) is 5.23. The number of thioether (sulfide) groups is 1. The standard InChI is InChI=1S/C13H18N2O3S/c1-13(2,8-11(16)17)15-12(18)14-9-5-4-6-10(7-9)19-3/h4-7H,8H2,1-3H3,(H,16,17)(H2,14,15,18). The van der Waals surface area contributed by atoms with E-state index < -0.39 is 17.5 Å². The molecule has 1 aromatic rings. The summed E-state index contributed by atoms with van der Waals surface area (Å²) in [5.74, 6) is -0.949. The Balaban J connectivity index is 2.62. The zero-order chi connectivity index (χ0) is 14.5. The van der Waals surface area contributed by atoms with Gasteiger partial charge in [-0.3, -0.25) is 4.79 Å². The molecule has 3 N–H and O–H groups in total. The summed E-state index contributed by atoms with van der Waals surface area (Å²) in [6.07, 6.45) is 1.82. The van der Waals surface area contributed by atoms with Gasteiger partial charge in [0, 0.05) is 16.1 Å². The second-order valence-electron chi connectivity index (χ2n) is 4.77. The number of nitrogens with one attached hydrogen (secondary N) is 2. The molecule has 0 unspecified atom stereocenters. The molecule has 0 aromatic heterocycles. The van der Waals surface area contributed by atoms with E-state index in [4.69, 9.17) is 5.11 Å². The number of carbonyl (C=O) groups excluding carboxylic acids is 1. The van der Waals surface area contributed by atoms with E-state index in [1.807, 2.05) is 24.5 Å². The van der Waals surface area contributed by atoms with Gasteiger partial charge in [-0.05, 0) is 38.3 Å². The third-order valence-corrected chi connectivity index (χ3v) is 3.10. The van der Waals surface area contributed by atoms with Crippen LogP contribution in [-0.2, 0) is 4.79 Å². The molecule has 0 aliphatic carbocycles. The highest BCUT2D eigenvalue weighted by Crippen LogP contribution is 2.19. The van der Waals surface area contributed by atoms with Crippen molar-refractivity contribution >= 4 is 29.4 Å². The monoisotopic (exact) mass is 282 g/mol. The highest BCUT2D eigenvalue weighted by atomic mass is 32.2. The van der Waals surface area contributed by atoms with Crippen molar-refractivity contribution in [3.63, 3.8) is 0 Å². The van der Waals surface area contributed by atoms with Gasteiger partial charge < -0.3 is 15.7 Å². The van der Waals surface area contributed by atoms with Crippen LogP contribution in [0.2, 0.25) is 0 Å². The molecule has 0 aliphatic heterocycles. The van der Waals surface area contributed by atoms with Crippen molar-refractivity contribution in [2.45, 2.75) is 30.7 Å². The molecule has 1 aromatic carbocycles. The number of hydrogen-bond donors (Lipinski definition) is 3. The first kappa shape index (κ1) is 15.4. The Labute approximate surface area is 116 Å². The molecule has 6 heteroatoms. The van der Waals surface area contributed by atoms with E-state index in [-0.39, 0.29) is 6.42 Å². The minimum absolute atomic E-state index is 0.134. The summed E-state index contributed by atoms with van der Waals surface area (Å²) in [7, 11) is 0. The molecule has 2 amide bonds. The minimum atomic E-state index is -0.949. The van der Waals surface area contributed by atoms with Gasteiger partial charge in [-0.15, -0.1) is 11.8 Å². The number of aliphatic carboxylic acids is 1. The number of carboxylic acid groups (broad SMARTS) is 1. The Morgan fingerprint density at radius 3 is 2.63 bits per heavy atom.